The van der Waals surface area contributed by atoms with Gasteiger partial charge in [0.1, 0.15) is 0 Å². The maximum Gasteiger partial charge on any atom is 0.0618 e. The second-order valence-electron chi connectivity index (χ2n) is 12.9. The zero-order valence-electron chi connectivity index (χ0n) is 27.4. The highest BCUT2D eigenvalue weighted by atomic mass is 15.0. The Hall–Kier alpha value is -6.64. The number of rotatable bonds is 5. The van der Waals surface area contributed by atoms with Crippen molar-refractivity contribution in [3.05, 3.63) is 194 Å². The van der Waals surface area contributed by atoms with Crippen LogP contribution < -0.4 is 0 Å². The summed E-state index contributed by atoms with van der Waals surface area (Å²) >= 11 is 0. The van der Waals surface area contributed by atoms with Gasteiger partial charge >= 0.3 is 0 Å². The summed E-state index contributed by atoms with van der Waals surface area (Å²) in [6.45, 7) is 0. The first kappa shape index (κ1) is 28.4. The van der Waals surface area contributed by atoms with Crippen molar-refractivity contribution in [2.24, 2.45) is 0 Å². The molecule has 0 aliphatic heterocycles. The van der Waals surface area contributed by atoms with Gasteiger partial charge in [-0.25, -0.2) is 0 Å². The van der Waals surface area contributed by atoms with Crippen LogP contribution in [0, 0.1) is 0 Å². The van der Waals surface area contributed by atoms with Crippen LogP contribution in [0.3, 0.4) is 0 Å². The first-order chi connectivity index (χ1) is 24.8. The van der Waals surface area contributed by atoms with E-state index in [9.17, 15) is 0 Å². The topological polar surface area (TPSA) is 9.86 Å². The highest BCUT2D eigenvalue weighted by molar-refractivity contribution is 6.16. The van der Waals surface area contributed by atoms with Crippen molar-refractivity contribution < 1.29 is 0 Å². The van der Waals surface area contributed by atoms with E-state index in [1.807, 2.05) is 0 Å². The second-order valence-corrected chi connectivity index (χ2v) is 12.9. The molecular formula is C48H32N2. The predicted octanol–water partition coefficient (Wildman–Crippen LogP) is 12.9. The van der Waals surface area contributed by atoms with Crippen LogP contribution in [0.15, 0.2) is 194 Å². The molecule has 0 saturated carbocycles. The Kier molecular flexibility index (Phi) is 6.53. The molecule has 0 saturated heterocycles. The van der Waals surface area contributed by atoms with Gasteiger partial charge in [0.25, 0.3) is 0 Å². The van der Waals surface area contributed by atoms with Crippen molar-refractivity contribution >= 4 is 43.6 Å². The molecule has 2 aromatic heterocycles. The lowest BCUT2D eigenvalue weighted by Crippen LogP contribution is -2.00. The molecule has 0 N–H and O–H groups in total. The average molecular weight is 637 g/mol. The number of nitrogens with zero attached hydrogens (tertiary/aromatic N) is 2. The third kappa shape index (κ3) is 4.36. The smallest absolute Gasteiger partial charge is 0.0618 e. The SMILES string of the molecule is c1ccc(-c2cccc(-c3cccc(-c4cccc5c4c4ccccc4n5-c4ccccc4)c3)c2-n2c3ccccc3c3ccccc32)cc1. The molecule has 2 nitrogen and oxygen atoms in total. The fourth-order valence-corrected chi connectivity index (χ4v) is 8.00. The summed E-state index contributed by atoms with van der Waals surface area (Å²) in [6, 6.07) is 70.4. The molecule has 0 unspecified atom stereocenters. The van der Waals surface area contributed by atoms with Crippen molar-refractivity contribution in [1.82, 2.24) is 9.13 Å². The molecule has 0 fully saturated rings. The molecule has 0 atom stereocenters. The lowest BCUT2D eigenvalue weighted by Gasteiger charge is -2.19. The van der Waals surface area contributed by atoms with Gasteiger partial charge in [0.05, 0.1) is 27.8 Å². The molecule has 234 valence electrons. The van der Waals surface area contributed by atoms with Crippen LogP contribution in [0.5, 0.6) is 0 Å². The summed E-state index contributed by atoms with van der Waals surface area (Å²) in [5.74, 6) is 0. The van der Waals surface area contributed by atoms with E-state index in [0.717, 1.165) is 5.69 Å². The van der Waals surface area contributed by atoms with Gasteiger partial charge in [-0.15, -0.1) is 0 Å². The lowest BCUT2D eigenvalue weighted by molar-refractivity contribution is 1.18. The fourth-order valence-electron chi connectivity index (χ4n) is 8.00. The number of para-hydroxylation sites is 5. The first-order valence-corrected chi connectivity index (χ1v) is 17.2. The Morgan fingerprint density at radius 1 is 0.280 bits per heavy atom. The molecule has 0 spiro atoms. The fraction of sp³-hybridized carbons (Fsp3) is 0. The maximum atomic E-state index is 2.48. The van der Waals surface area contributed by atoms with Crippen molar-refractivity contribution in [2.75, 3.05) is 0 Å². The Morgan fingerprint density at radius 3 is 1.40 bits per heavy atom. The summed E-state index contributed by atoms with van der Waals surface area (Å²) in [6.07, 6.45) is 0. The maximum absolute atomic E-state index is 2.48. The van der Waals surface area contributed by atoms with E-state index in [1.165, 1.54) is 82.7 Å². The Bertz CT molecular complexity index is 2800. The molecule has 0 bridgehead atoms. The van der Waals surface area contributed by atoms with Crippen LogP contribution in [-0.2, 0) is 0 Å². The van der Waals surface area contributed by atoms with E-state index >= 15 is 0 Å². The molecule has 0 amide bonds. The van der Waals surface area contributed by atoms with E-state index < -0.39 is 0 Å². The standard InChI is InChI=1S/C48H32N2/c1-3-16-33(17-4-1)38-26-14-27-39(48(38)50-43-28-10-7-22-40(43)41-23-8-11-29-44(41)50)35-19-13-18-34(32-35)37-25-15-31-46-47(37)42-24-9-12-30-45(42)49(46)36-20-5-2-6-21-36/h1-32H. The first-order valence-electron chi connectivity index (χ1n) is 17.2. The summed E-state index contributed by atoms with van der Waals surface area (Å²) in [5.41, 5.74) is 14.4. The molecular weight excluding hydrogens is 605 g/mol. The zero-order valence-corrected chi connectivity index (χ0v) is 27.4. The number of fused-ring (bicyclic) bond motifs is 6. The minimum absolute atomic E-state index is 1.16. The van der Waals surface area contributed by atoms with E-state index in [0.29, 0.717) is 0 Å². The number of benzene rings is 8. The molecule has 50 heavy (non-hydrogen) atoms. The van der Waals surface area contributed by atoms with E-state index in [2.05, 4.69) is 203 Å². The Morgan fingerprint density at radius 2 is 0.720 bits per heavy atom. The zero-order chi connectivity index (χ0) is 33.0. The van der Waals surface area contributed by atoms with Crippen molar-refractivity contribution in [3.63, 3.8) is 0 Å². The Balaban J connectivity index is 1.25. The van der Waals surface area contributed by atoms with Gasteiger partial charge in [0, 0.05) is 38.4 Å². The van der Waals surface area contributed by atoms with E-state index in [4.69, 9.17) is 0 Å². The molecule has 0 aliphatic rings. The van der Waals surface area contributed by atoms with Gasteiger partial charge in [-0.05, 0) is 64.7 Å². The van der Waals surface area contributed by atoms with Crippen molar-refractivity contribution in [2.45, 2.75) is 0 Å². The van der Waals surface area contributed by atoms with Gasteiger partial charge < -0.3 is 9.13 Å². The largest absolute Gasteiger partial charge is 0.309 e. The van der Waals surface area contributed by atoms with E-state index in [1.54, 1.807) is 0 Å². The highest BCUT2D eigenvalue weighted by Gasteiger charge is 2.21. The lowest BCUT2D eigenvalue weighted by atomic mass is 9.92. The number of hydrogen-bond donors (Lipinski definition) is 0. The molecule has 0 aliphatic carbocycles. The van der Waals surface area contributed by atoms with Crippen LogP contribution in [0.25, 0.3) is 88.4 Å². The number of hydrogen-bond acceptors (Lipinski definition) is 0. The predicted molar refractivity (Wildman–Crippen MR) is 211 cm³/mol. The second kappa shape index (κ2) is 11.5. The molecule has 8 aromatic carbocycles. The Labute approximate surface area is 290 Å². The summed E-state index contributed by atoms with van der Waals surface area (Å²) in [4.78, 5) is 0. The summed E-state index contributed by atoms with van der Waals surface area (Å²) in [5, 5.41) is 5.04. The average Bonchev–Trinajstić information content (AvgIpc) is 3.71. The third-order valence-electron chi connectivity index (χ3n) is 10.1. The van der Waals surface area contributed by atoms with Crippen LogP contribution >= 0.6 is 0 Å². The minimum atomic E-state index is 1.16. The van der Waals surface area contributed by atoms with Crippen molar-refractivity contribution in [1.29, 1.82) is 0 Å². The highest BCUT2D eigenvalue weighted by Crippen LogP contribution is 2.43. The van der Waals surface area contributed by atoms with Crippen LogP contribution in [-0.4, -0.2) is 9.13 Å². The molecule has 0 radical (unpaired) electrons. The normalized spacial score (nSPS) is 11.6. The van der Waals surface area contributed by atoms with Gasteiger partial charge in [-0.1, -0.05) is 152 Å². The minimum Gasteiger partial charge on any atom is -0.309 e. The summed E-state index contributed by atoms with van der Waals surface area (Å²) in [7, 11) is 0. The van der Waals surface area contributed by atoms with Crippen LogP contribution in [0.4, 0.5) is 0 Å². The van der Waals surface area contributed by atoms with Gasteiger partial charge in [0.15, 0.2) is 0 Å². The quantitative estimate of drug-likeness (QED) is 0.178. The molecule has 2 heterocycles. The van der Waals surface area contributed by atoms with Crippen LogP contribution in [0.2, 0.25) is 0 Å². The molecule has 10 aromatic rings. The van der Waals surface area contributed by atoms with Gasteiger partial charge in [-0.2, -0.15) is 0 Å². The van der Waals surface area contributed by atoms with Gasteiger partial charge in [0.2, 0.25) is 0 Å². The summed E-state index contributed by atoms with van der Waals surface area (Å²) < 4.78 is 4.87. The van der Waals surface area contributed by atoms with Gasteiger partial charge in [-0.3, -0.25) is 0 Å². The number of aromatic nitrogens is 2. The van der Waals surface area contributed by atoms with Crippen molar-refractivity contribution in [3.8, 4) is 44.8 Å². The molecule has 2 heteroatoms. The van der Waals surface area contributed by atoms with E-state index in [-0.39, 0.29) is 0 Å². The third-order valence-corrected chi connectivity index (χ3v) is 10.1. The monoisotopic (exact) mass is 636 g/mol. The molecule has 10 rings (SSSR count). The van der Waals surface area contributed by atoms with Crippen LogP contribution in [0.1, 0.15) is 0 Å².